The van der Waals surface area contributed by atoms with Gasteiger partial charge in [0, 0.05) is 19.3 Å². The average Bonchev–Trinajstić information content (AvgIpc) is 2.92. The van der Waals surface area contributed by atoms with Crippen LogP contribution < -0.4 is 5.32 Å². The Bertz CT molecular complexity index is 613. The maximum absolute atomic E-state index is 13.1. The van der Waals surface area contributed by atoms with Gasteiger partial charge in [0.15, 0.2) is 5.16 Å². The van der Waals surface area contributed by atoms with Crippen LogP contribution in [0.25, 0.3) is 5.69 Å². The minimum absolute atomic E-state index is 0.246. The maximum atomic E-state index is 13.1. The molecular weight excluding hydrogens is 293 g/mol. The molecule has 1 aromatic heterocycles. The van der Waals surface area contributed by atoms with E-state index in [0.717, 1.165) is 0 Å². The number of nitrogens with one attached hydrogen (secondary N) is 1. The van der Waals surface area contributed by atoms with Crippen LogP contribution in [0, 0.1) is 5.82 Å². The van der Waals surface area contributed by atoms with E-state index in [-0.39, 0.29) is 11.7 Å². The molecule has 1 amide bonds. The zero-order chi connectivity index (χ0) is 15.2. The van der Waals surface area contributed by atoms with Crippen molar-refractivity contribution in [3.63, 3.8) is 0 Å². The second-order valence-corrected chi connectivity index (χ2v) is 4.96. The number of thioether (sulfide) groups is 1. The molecule has 0 fully saturated rings. The molecule has 0 saturated carbocycles. The summed E-state index contributed by atoms with van der Waals surface area (Å²) in [5, 5.41) is 3.42. The van der Waals surface area contributed by atoms with E-state index in [4.69, 9.17) is 4.74 Å². The molecule has 0 aliphatic heterocycles. The Labute approximate surface area is 126 Å². The number of benzene rings is 1. The zero-order valence-corrected chi connectivity index (χ0v) is 12.6. The van der Waals surface area contributed by atoms with Crippen molar-refractivity contribution in [3.8, 4) is 5.69 Å². The van der Waals surface area contributed by atoms with E-state index in [1.54, 1.807) is 23.8 Å². The predicted octanol–water partition coefficient (Wildman–Crippen LogP) is 2.11. The summed E-state index contributed by atoms with van der Waals surface area (Å²) in [6, 6.07) is 5.93. The highest BCUT2D eigenvalue weighted by molar-refractivity contribution is 7.98. The molecule has 0 saturated heterocycles. The molecule has 5 nitrogen and oxygen atoms in total. The lowest BCUT2D eigenvalue weighted by Crippen LogP contribution is -2.28. The molecule has 1 aromatic carbocycles. The highest BCUT2D eigenvalue weighted by Gasteiger charge is 2.17. The van der Waals surface area contributed by atoms with Gasteiger partial charge < -0.3 is 10.1 Å². The number of hydrogen-bond acceptors (Lipinski definition) is 4. The average molecular weight is 309 g/mol. The first kappa shape index (κ1) is 15.5. The Hall–Kier alpha value is -1.86. The second-order valence-electron chi connectivity index (χ2n) is 4.19. The van der Waals surface area contributed by atoms with Gasteiger partial charge in [-0.1, -0.05) is 11.8 Å². The topological polar surface area (TPSA) is 56.1 Å². The molecule has 2 rings (SSSR count). The Balaban J connectivity index is 2.32. The third kappa shape index (κ3) is 3.62. The molecule has 112 valence electrons. The molecule has 2 aromatic rings. The van der Waals surface area contributed by atoms with E-state index in [1.165, 1.54) is 30.1 Å². The molecule has 0 atom stereocenters. The van der Waals surface area contributed by atoms with Crippen molar-refractivity contribution in [3.05, 3.63) is 42.0 Å². The summed E-state index contributed by atoms with van der Waals surface area (Å²) >= 11 is 1.41. The monoisotopic (exact) mass is 309 g/mol. The van der Waals surface area contributed by atoms with E-state index < -0.39 is 0 Å². The van der Waals surface area contributed by atoms with Gasteiger partial charge in [0.25, 0.3) is 5.91 Å². The summed E-state index contributed by atoms with van der Waals surface area (Å²) in [5.74, 6) is -0.570. The molecule has 0 bridgehead atoms. The lowest BCUT2D eigenvalue weighted by Gasteiger charge is -2.11. The van der Waals surface area contributed by atoms with Gasteiger partial charge in [0.2, 0.25) is 0 Å². The third-order valence-electron chi connectivity index (χ3n) is 2.82. The number of ether oxygens (including phenoxy) is 1. The first-order chi connectivity index (χ1) is 10.2. The molecule has 0 unspecified atom stereocenters. The Morgan fingerprint density at radius 1 is 1.43 bits per heavy atom. The lowest BCUT2D eigenvalue weighted by atomic mass is 10.3. The first-order valence-corrected chi connectivity index (χ1v) is 7.54. The number of nitrogens with zero attached hydrogens (tertiary/aromatic N) is 2. The number of rotatable bonds is 6. The summed E-state index contributed by atoms with van der Waals surface area (Å²) in [4.78, 5) is 16.4. The van der Waals surface area contributed by atoms with Crippen LogP contribution >= 0.6 is 11.8 Å². The van der Waals surface area contributed by atoms with Gasteiger partial charge >= 0.3 is 0 Å². The summed E-state index contributed by atoms with van der Waals surface area (Å²) in [7, 11) is 1.57. The molecule has 1 heterocycles. The number of amides is 1. The minimum atomic E-state index is -0.323. The van der Waals surface area contributed by atoms with Gasteiger partial charge in [-0.15, -0.1) is 0 Å². The molecule has 0 spiro atoms. The fourth-order valence-electron chi connectivity index (χ4n) is 1.84. The van der Waals surface area contributed by atoms with Crippen molar-refractivity contribution in [2.24, 2.45) is 0 Å². The van der Waals surface area contributed by atoms with Gasteiger partial charge in [-0.2, -0.15) is 0 Å². The Kier molecular flexibility index (Phi) is 5.35. The van der Waals surface area contributed by atoms with Crippen molar-refractivity contribution in [1.82, 2.24) is 14.9 Å². The van der Waals surface area contributed by atoms with E-state index in [1.807, 2.05) is 6.26 Å². The van der Waals surface area contributed by atoms with Gasteiger partial charge in [0.05, 0.1) is 12.8 Å². The number of hydrogen-bond donors (Lipinski definition) is 1. The molecule has 21 heavy (non-hydrogen) atoms. The van der Waals surface area contributed by atoms with Crippen molar-refractivity contribution < 1.29 is 13.9 Å². The normalized spacial score (nSPS) is 10.6. The quantitative estimate of drug-likeness (QED) is 0.656. The summed E-state index contributed by atoms with van der Waals surface area (Å²) in [6.07, 6.45) is 3.38. The van der Waals surface area contributed by atoms with Crippen molar-refractivity contribution in [1.29, 1.82) is 0 Å². The summed E-state index contributed by atoms with van der Waals surface area (Å²) in [6.45, 7) is 0.852. The predicted molar refractivity (Wildman–Crippen MR) is 79.5 cm³/mol. The highest BCUT2D eigenvalue weighted by Crippen LogP contribution is 2.21. The van der Waals surface area contributed by atoms with E-state index in [0.29, 0.717) is 29.7 Å². The third-order valence-corrected chi connectivity index (χ3v) is 3.47. The number of carbonyl (C=O) groups is 1. The minimum Gasteiger partial charge on any atom is -0.383 e. The fourth-order valence-corrected chi connectivity index (χ4v) is 2.38. The fraction of sp³-hybridized carbons (Fsp3) is 0.286. The van der Waals surface area contributed by atoms with Crippen LogP contribution in [0.2, 0.25) is 0 Å². The summed E-state index contributed by atoms with van der Waals surface area (Å²) < 4.78 is 19.7. The molecule has 0 radical (unpaired) electrons. The number of carbonyl (C=O) groups excluding carboxylic acids is 1. The van der Waals surface area contributed by atoms with Crippen molar-refractivity contribution in [2.45, 2.75) is 5.16 Å². The van der Waals surface area contributed by atoms with Gasteiger partial charge in [-0.3, -0.25) is 9.36 Å². The van der Waals surface area contributed by atoms with Crippen LogP contribution in [0.4, 0.5) is 4.39 Å². The van der Waals surface area contributed by atoms with Crippen LogP contribution in [0.3, 0.4) is 0 Å². The maximum Gasteiger partial charge on any atom is 0.270 e. The number of imidazole rings is 1. The van der Waals surface area contributed by atoms with Crippen molar-refractivity contribution in [2.75, 3.05) is 26.5 Å². The molecule has 7 heteroatoms. The zero-order valence-electron chi connectivity index (χ0n) is 11.8. The number of aromatic nitrogens is 2. The first-order valence-electron chi connectivity index (χ1n) is 6.32. The second kappa shape index (κ2) is 7.24. The Morgan fingerprint density at radius 3 is 2.76 bits per heavy atom. The highest BCUT2D eigenvalue weighted by atomic mass is 32.2. The van der Waals surface area contributed by atoms with Crippen LogP contribution in [-0.2, 0) is 4.74 Å². The van der Waals surface area contributed by atoms with E-state index in [2.05, 4.69) is 10.3 Å². The standard InChI is InChI=1S/C14H16FN3O2S/c1-20-8-7-16-13(19)12-9-17-14(21-2)18(12)11-5-3-10(15)4-6-11/h3-6,9H,7-8H2,1-2H3,(H,16,19). The van der Waals surface area contributed by atoms with Crippen LogP contribution in [0.1, 0.15) is 10.5 Å². The Morgan fingerprint density at radius 2 is 2.14 bits per heavy atom. The smallest absolute Gasteiger partial charge is 0.270 e. The summed E-state index contributed by atoms with van der Waals surface area (Å²) in [5.41, 5.74) is 1.09. The lowest BCUT2D eigenvalue weighted by molar-refractivity contribution is 0.0929. The molecule has 0 aliphatic rings. The molecule has 0 aliphatic carbocycles. The molecular formula is C14H16FN3O2S. The number of halogens is 1. The van der Waals surface area contributed by atoms with Gasteiger partial charge in [-0.25, -0.2) is 9.37 Å². The SMILES string of the molecule is COCCNC(=O)c1cnc(SC)n1-c1ccc(F)cc1. The van der Waals surface area contributed by atoms with Crippen LogP contribution in [-0.4, -0.2) is 42.0 Å². The van der Waals surface area contributed by atoms with Gasteiger partial charge in [0.1, 0.15) is 11.5 Å². The van der Waals surface area contributed by atoms with Gasteiger partial charge in [-0.05, 0) is 30.5 Å². The number of methoxy groups -OCH3 is 1. The van der Waals surface area contributed by atoms with E-state index >= 15 is 0 Å². The van der Waals surface area contributed by atoms with E-state index in [9.17, 15) is 9.18 Å². The van der Waals surface area contributed by atoms with Crippen molar-refractivity contribution >= 4 is 17.7 Å². The van der Waals surface area contributed by atoms with Crippen LogP contribution in [0.15, 0.2) is 35.6 Å². The van der Waals surface area contributed by atoms with Crippen LogP contribution in [0.5, 0.6) is 0 Å². The molecule has 1 N–H and O–H groups in total. The largest absolute Gasteiger partial charge is 0.383 e.